The topological polar surface area (TPSA) is 120 Å². The number of likely N-dealkylation sites (tertiary alicyclic amines) is 1. The Hall–Kier alpha value is -1.75. The number of morpholine rings is 1. The van der Waals surface area contributed by atoms with E-state index in [0.29, 0.717) is 45.6 Å². The number of nitrogens with one attached hydrogen (secondary N) is 2. The summed E-state index contributed by atoms with van der Waals surface area (Å²) in [6, 6.07) is -1.40. The number of rotatable bonds is 10. The van der Waals surface area contributed by atoms with Crippen molar-refractivity contribution >= 4 is 17.7 Å². The van der Waals surface area contributed by atoms with E-state index in [0.717, 1.165) is 19.5 Å². The molecule has 4 heterocycles. The van der Waals surface area contributed by atoms with E-state index < -0.39 is 35.1 Å². The maximum atomic E-state index is 14.1. The minimum absolute atomic E-state index is 0.0152. The molecule has 3 N–H and O–H groups in total. The third-order valence-corrected chi connectivity index (χ3v) is 9.07. The van der Waals surface area contributed by atoms with Crippen molar-refractivity contribution in [1.29, 1.82) is 0 Å². The molecule has 4 aliphatic rings. The highest BCUT2D eigenvalue weighted by Crippen LogP contribution is 2.64. The number of nitrogens with zero attached hydrogens (tertiary/aromatic N) is 2. The molecule has 0 radical (unpaired) electrons. The zero-order valence-electron chi connectivity index (χ0n) is 21.5. The highest BCUT2D eigenvalue weighted by molar-refractivity contribution is 5.99. The van der Waals surface area contributed by atoms with Crippen LogP contribution >= 0.6 is 0 Å². The van der Waals surface area contributed by atoms with Gasteiger partial charge in [-0.3, -0.25) is 19.3 Å². The molecule has 3 amide bonds. The normalized spacial score (nSPS) is 36.2. The van der Waals surface area contributed by atoms with Gasteiger partial charge < -0.3 is 30.1 Å². The van der Waals surface area contributed by atoms with Gasteiger partial charge in [0.15, 0.2) is 0 Å². The van der Waals surface area contributed by atoms with Crippen LogP contribution in [0.1, 0.15) is 46.5 Å². The molecule has 10 heteroatoms. The second-order valence-electron chi connectivity index (χ2n) is 10.6. The van der Waals surface area contributed by atoms with Gasteiger partial charge in [-0.05, 0) is 25.2 Å². The van der Waals surface area contributed by atoms with Crippen molar-refractivity contribution in [2.24, 2.45) is 17.8 Å². The molecular weight excluding hydrogens is 452 g/mol. The number of ether oxygens (including phenoxy) is 2. The van der Waals surface area contributed by atoms with E-state index in [1.807, 2.05) is 20.8 Å². The van der Waals surface area contributed by atoms with Gasteiger partial charge in [-0.15, -0.1) is 0 Å². The minimum Gasteiger partial charge on any atom is -0.394 e. The highest BCUT2D eigenvalue weighted by atomic mass is 16.5. The number of amides is 3. The van der Waals surface area contributed by atoms with Gasteiger partial charge >= 0.3 is 0 Å². The Labute approximate surface area is 208 Å². The van der Waals surface area contributed by atoms with Gasteiger partial charge in [0.1, 0.15) is 11.6 Å². The first-order valence-corrected chi connectivity index (χ1v) is 13.2. The molecule has 0 aliphatic carbocycles. The van der Waals surface area contributed by atoms with Gasteiger partial charge in [0.25, 0.3) is 0 Å². The van der Waals surface area contributed by atoms with Crippen LogP contribution in [0.2, 0.25) is 0 Å². The third-order valence-electron chi connectivity index (χ3n) is 9.07. The molecule has 4 aliphatic heterocycles. The lowest BCUT2D eigenvalue weighted by atomic mass is 9.65. The Morgan fingerprint density at radius 2 is 1.91 bits per heavy atom. The first-order valence-electron chi connectivity index (χ1n) is 13.2. The van der Waals surface area contributed by atoms with Crippen LogP contribution < -0.4 is 10.6 Å². The smallest absolute Gasteiger partial charge is 0.245 e. The summed E-state index contributed by atoms with van der Waals surface area (Å²) in [5.41, 5.74) is -1.81. The molecule has 0 saturated carbocycles. The van der Waals surface area contributed by atoms with E-state index in [9.17, 15) is 19.5 Å². The van der Waals surface area contributed by atoms with Crippen LogP contribution in [0.15, 0.2) is 0 Å². The first-order chi connectivity index (χ1) is 16.8. The Morgan fingerprint density at radius 3 is 2.51 bits per heavy atom. The molecule has 0 aromatic carbocycles. The molecule has 10 nitrogen and oxygen atoms in total. The quantitative estimate of drug-likeness (QED) is 0.383. The summed E-state index contributed by atoms with van der Waals surface area (Å²) < 4.78 is 12.1. The maximum Gasteiger partial charge on any atom is 0.245 e. The van der Waals surface area contributed by atoms with Crippen LogP contribution in [-0.2, 0) is 23.9 Å². The molecule has 1 spiro atoms. The molecule has 2 unspecified atom stereocenters. The standard InChI is InChI=1S/C25H42N4O6/c1-5-16(3)17(15-30)29-20(22(32)27-9-10-28-11-13-34-14-12-28)25-8-7-24(6-2,35-25)18(21(31)26-4)19(25)23(29)33/h16-20,30H,5-15H2,1-4H3,(H,26,31)(H,27,32)/t16-,17-,18+,19-,20?,24-,25?/m0/s1. The van der Waals surface area contributed by atoms with Crippen LogP contribution in [-0.4, -0.2) is 109 Å². The van der Waals surface area contributed by atoms with E-state index in [1.54, 1.807) is 11.9 Å². The molecule has 2 bridgehead atoms. The van der Waals surface area contributed by atoms with Crippen molar-refractivity contribution < 1.29 is 29.0 Å². The van der Waals surface area contributed by atoms with Crippen LogP contribution in [0.3, 0.4) is 0 Å². The van der Waals surface area contributed by atoms with E-state index in [4.69, 9.17) is 9.47 Å². The van der Waals surface area contributed by atoms with Gasteiger partial charge in [0.2, 0.25) is 17.7 Å². The molecule has 0 aromatic heterocycles. The van der Waals surface area contributed by atoms with Crippen LogP contribution in [0.4, 0.5) is 0 Å². The summed E-state index contributed by atoms with van der Waals surface area (Å²) >= 11 is 0. The predicted molar refractivity (Wildman–Crippen MR) is 128 cm³/mol. The van der Waals surface area contributed by atoms with E-state index in [-0.39, 0.29) is 30.2 Å². The first kappa shape index (κ1) is 26.3. The molecule has 4 saturated heterocycles. The Balaban J connectivity index is 1.66. The lowest BCUT2D eigenvalue weighted by molar-refractivity contribution is -0.152. The van der Waals surface area contributed by atoms with Crippen LogP contribution in [0, 0.1) is 17.8 Å². The van der Waals surface area contributed by atoms with Crippen molar-refractivity contribution in [2.75, 3.05) is 53.0 Å². The largest absolute Gasteiger partial charge is 0.394 e. The summed E-state index contributed by atoms with van der Waals surface area (Å²) in [5, 5.41) is 16.1. The zero-order chi connectivity index (χ0) is 25.4. The Morgan fingerprint density at radius 1 is 1.20 bits per heavy atom. The number of hydrogen-bond acceptors (Lipinski definition) is 7. The van der Waals surface area contributed by atoms with Crippen molar-refractivity contribution in [3.05, 3.63) is 0 Å². The van der Waals surface area contributed by atoms with Crippen LogP contribution in [0.5, 0.6) is 0 Å². The summed E-state index contributed by atoms with van der Waals surface area (Å²) in [7, 11) is 1.58. The van der Waals surface area contributed by atoms with Gasteiger partial charge in [-0.25, -0.2) is 0 Å². The van der Waals surface area contributed by atoms with E-state index in [1.165, 1.54) is 0 Å². The van der Waals surface area contributed by atoms with Crippen molar-refractivity contribution in [1.82, 2.24) is 20.4 Å². The molecule has 7 atom stereocenters. The predicted octanol–water partition coefficient (Wildman–Crippen LogP) is -0.257. The Bertz CT molecular complexity index is 820. The van der Waals surface area contributed by atoms with Crippen molar-refractivity contribution in [3.8, 4) is 0 Å². The van der Waals surface area contributed by atoms with Crippen molar-refractivity contribution in [2.45, 2.75) is 69.7 Å². The monoisotopic (exact) mass is 494 g/mol. The molecule has 4 fully saturated rings. The van der Waals surface area contributed by atoms with E-state index >= 15 is 0 Å². The van der Waals surface area contributed by atoms with E-state index in [2.05, 4.69) is 15.5 Å². The van der Waals surface area contributed by atoms with Gasteiger partial charge in [-0.2, -0.15) is 0 Å². The number of hydrogen-bond donors (Lipinski definition) is 3. The van der Waals surface area contributed by atoms with Gasteiger partial charge in [-0.1, -0.05) is 27.2 Å². The summed E-state index contributed by atoms with van der Waals surface area (Å²) in [6.45, 7) is 9.88. The minimum atomic E-state index is -1.06. The fourth-order valence-electron chi connectivity index (χ4n) is 6.94. The molecule has 4 rings (SSSR count). The average Bonchev–Trinajstić information content (AvgIpc) is 3.48. The molecule has 0 aromatic rings. The lowest BCUT2D eigenvalue weighted by Crippen LogP contribution is -2.59. The maximum absolute atomic E-state index is 14.1. The lowest BCUT2D eigenvalue weighted by Gasteiger charge is -2.39. The fraction of sp³-hybridized carbons (Fsp3) is 0.880. The average molecular weight is 495 g/mol. The van der Waals surface area contributed by atoms with Crippen LogP contribution in [0.25, 0.3) is 0 Å². The second kappa shape index (κ2) is 10.3. The SMILES string of the molecule is CC[C@H](C)[C@H](CO)N1C(=O)[C@@H]2[C@H](C(=O)NC)[C@]3(CC)CCC2(O3)C1C(=O)NCCN1CCOCC1. The van der Waals surface area contributed by atoms with Gasteiger partial charge in [0, 0.05) is 33.2 Å². The third kappa shape index (κ3) is 4.16. The summed E-state index contributed by atoms with van der Waals surface area (Å²) in [4.78, 5) is 44.8. The number of carbonyl (C=O) groups is 3. The summed E-state index contributed by atoms with van der Waals surface area (Å²) in [6.07, 6.45) is 2.51. The number of carbonyl (C=O) groups excluding carboxylic acids is 3. The fourth-order valence-corrected chi connectivity index (χ4v) is 6.94. The number of fused-ring (bicyclic) bond motifs is 1. The molecule has 198 valence electrons. The zero-order valence-corrected chi connectivity index (χ0v) is 21.5. The van der Waals surface area contributed by atoms with Gasteiger partial charge in [0.05, 0.1) is 43.3 Å². The molecular formula is C25H42N4O6. The summed E-state index contributed by atoms with van der Waals surface area (Å²) in [5.74, 6) is -2.13. The molecule has 35 heavy (non-hydrogen) atoms. The van der Waals surface area contributed by atoms with Crippen molar-refractivity contribution in [3.63, 3.8) is 0 Å². The number of aliphatic hydroxyl groups is 1. The second-order valence-corrected chi connectivity index (χ2v) is 10.6. The number of aliphatic hydroxyl groups excluding tert-OH is 1. The Kier molecular flexibility index (Phi) is 7.76. The highest BCUT2D eigenvalue weighted by Gasteiger charge is 2.79.